The Balaban J connectivity index is 2.29. The van der Waals surface area contributed by atoms with Crippen molar-refractivity contribution in [2.75, 3.05) is 13.7 Å². The van der Waals surface area contributed by atoms with Crippen molar-refractivity contribution < 1.29 is 9.15 Å². The van der Waals surface area contributed by atoms with Gasteiger partial charge in [-0.1, -0.05) is 42.8 Å². The van der Waals surface area contributed by atoms with Gasteiger partial charge in [-0.05, 0) is 12.6 Å². The lowest BCUT2D eigenvalue weighted by molar-refractivity contribution is 0.183. The zero-order valence-electron chi connectivity index (χ0n) is 12.2. The van der Waals surface area contributed by atoms with E-state index in [4.69, 9.17) is 20.8 Å². The van der Waals surface area contributed by atoms with Crippen LogP contribution in [0.3, 0.4) is 0 Å². The van der Waals surface area contributed by atoms with Crippen molar-refractivity contribution in [3.05, 3.63) is 46.7 Å². The number of fused-ring (bicyclic) bond motifs is 3. The molecular weight excluding hydrogens is 286 g/mol. The first-order valence-electron chi connectivity index (χ1n) is 7.07. The summed E-state index contributed by atoms with van der Waals surface area (Å²) in [6.07, 6.45) is 0. The van der Waals surface area contributed by atoms with Crippen LogP contribution >= 0.6 is 11.6 Å². The van der Waals surface area contributed by atoms with E-state index in [1.807, 2.05) is 30.3 Å². The molecule has 3 aromatic rings. The Morgan fingerprint density at radius 1 is 1.19 bits per heavy atom. The second-order valence-corrected chi connectivity index (χ2v) is 5.40. The molecule has 1 aromatic heterocycles. The first kappa shape index (κ1) is 14.4. The molecule has 0 radical (unpaired) electrons. The molecule has 1 N–H and O–H groups in total. The molecule has 0 saturated heterocycles. The van der Waals surface area contributed by atoms with E-state index in [0.717, 1.165) is 44.6 Å². The van der Waals surface area contributed by atoms with Crippen LogP contribution in [0, 0.1) is 0 Å². The molecule has 2 aromatic carbocycles. The van der Waals surface area contributed by atoms with Crippen LogP contribution < -0.4 is 5.32 Å². The largest absolute Gasteiger partial charge is 0.459 e. The summed E-state index contributed by atoms with van der Waals surface area (Å²) < 4.78 is 11.5. The van der Waals surface area contributed by atoms with Gasteiger partial charge in [-0.15, -0.1) is 0 Å². The van der Waals surface area contributed by atoms with Gasteiger partial charge < -0.3 is 14.5 Å². The molecule has 0 amide bonds. The van der Waals surface area contributed by atoms with Gasteiger partial charge in [-0.3, -0.25) is 0 Å². The second-order valence-electron chi connectivity index (χ2n) is 5.00. The zero-order chi connectivity index (χ0) is 14.8. The summed E-state index contributed by atoms with van der Waals surface area (Å²) in [6, 6.07) is 10.0. The summed E-state index contributed by atoms with van der Waals surface area (Å²) in [5.74, 6) is 0.918. The third kappa shape index (κ3) is 2.53. The molecule has 0 unspecified atom stereocenters. The molecule has 21 heavy (non-hydrogen) atoms. The summed E-state index contributed by atoms with van der Waals surface area (Å²) in [6.45, 7) is 4.17. The van der Waals surface area contributed by atoms with Crippen LogP contribution in [-0.4, -0.2) is 13.7 Å². The molecule has 0 saturated carbocycles. The predicted molar refractivity (Wildman–Crippen MR) is 86.8 cm³/mol. The number of furan rings is 1. The summed E-state index contributed by atoms with van der Waals surface area (Å²) in [5, 5.41) is 7.14. The van der Waals surface area contributed by atoms with E-state index in [9.17, 15) is 0 Å². The lowest BCUT2D eigenvalue weighted by Gasteiger charge is -2.03. The van der Waals surface area contributed by atoms with Crippen LogP contribution in [-0.2, 0) is 17.9 Å². The average Bonchev–Trinajstić information content (AvgIpc) is 2.84. The van der Waals surface area contributed by atoms with Crippen molar-refractivity contribution in [1.82, 2.24) is 5.32 Å². The first-order chi connectivity index (χ1) is 10.3. The first-order valence-corrected chi connectivity index (χ1v) is 7.45. The Kier molecular flexibility index (Phi) is 4.15. The Bertz CT molecular complexity index is 779. The third-order valence-electron chi connectivity index (χ3n) is 3.66. The summed E-state index contributed by atoms with van der Waals surface area (Å²) in [4.78, 5) is 0. The Hall–Kier alpha value is -1.55. The fraction of sp³-hybridized carbons (Fsp3) is 0.294. The Morgan fingerprint density at radius 2 is 1.95 bits per heavy atom. The topological polar surface area (TPSA) is 34.4 Å². The molecule has 0 fully saturated rings. The van der Waals surface area contributed by atoms with Crippen molar-refractivity contribution in [3.8, 4) is 0 Å². The van der Waals surface area contributed by atoms with Gasteiger partial charge in [0.15, 0.2) is 0 Å². The SMILES string of the molecule is CCNCc1oc2c(cc(Cl)c3ccccc32)c1COC. The van der Waals surface area contributed by atoms with Gasteiger partial charge in [0.25, 0.3) is 0 Å². The number of nitrogens with one attached hydrogen (secondary N) is 1. The minimum atomic E-state index is 0.516. The fourth-order valence-corrected chi connectivity index (χ4v) is 2.93. The number of hydrogen-bond donors (Lipinski definition) is 1. The van der Waals surface area contributed by atoms with Crippen molar-refractivity contribution in [2.45, 2.75) is 20.1 Å². The van der Waals surface area contributed by atoms with Gasteiger partial charge >= 0.3 is 0 Å². The quantitative estimate of drug-likeness (QED) is 0.754. The maximum absolute atomic E-state index is 6.42. The monoisotopic (exact) mass is 303 g/mol. The number of halogens is 1. The van der Waals surface area contributed by atoms with Crippen molar-refractivity contribution in [1.29, 1.82) is 0 Å². The van der Waals surface area contributed by atoms with Crippen LogP contribution in [0.5, 0.6) is 0 Å². The molecule has 3 nitrogen and oxygen atoms in total. The minimum absolute atomic E-state index is 0.516. The minimum Gasteiger partial charge on any atom is -0.459 e. The highest BCUT2D eigenvalue weighted by atomic mass is 35.5. The maximum atomic E-state index is 6.42. The Labute approximate surface area is 128 Å². The van der Waals surface area contributed by atoms with Gasteiger partial charge in [0, 0.05) is 33.9 Å². The normalized spacial score (nSPS) is 11.6. The zero-order valence-corrected chi connectivity index (χ0v) is 13.0. The highest BCUT2D eigenvalue weighted by Gasteiger charge is 2.17. The molecule has 0 spiro atoms. The van der Waals surface area contributed by atoms with Crippen molar-refractivity contribution in [2.24, 2.45) is 0 Å². The van der Waals surface area contributed by atoms with E-state index in [-0.39, 0.29) is 0 Å². The molecule has 0 bridgehead atoms. The number of hydrogen-bond acceptors (Lipinski definition) is 3. The molecule has 0 aliphatic rings. The van der Waals surface area contributed by atoms with E-state index >= 15 is 0 Å². The summed E-state index contributed by atoms with van der Waals surface area (Å²) in [7, 11) is 1.69. The fourth-order valence-electron chi connectivity index (χ4n) is 2.66. The van der Waals surface area contributed by atoms with E-state index in [0.29, 0.717) is 13.2 Å². The van der Waals surface area contributed by atoms with Crippen molar-refractivity contribution >= 4 is 33.3 Å². The highest BCUT2D eigenvalue weighted by Crippen LogP contribution is 2.36. The van der Waals surface area contributed by atoms with E-state index in [2.05, 4.69) is 12.2 Å². The van der Waals surface area contributed by atoms with Crippen molar-refractivity contribution in [3.63, 3.8) is 0 Å². The average molecular weight is 304 g/mol. The number of rotatable bonds is 5. The lowest BCUT2D eigenvalue weighted by Crippen LogP contribution is -2.12. The molecular formula is C17H18ClNO2. The summed E-state index contributed by atoms with van der Waals surface area (Å²) in [5.41, 5.74) is 1.95. The highest BCUT2D eigenvalue weighted by molar-refractivity contribution is 6.37. The van der Waals surface area contributed by atoms with Crippen LogP contribution in [0.25, 0.3) is 21.7 Å². The van der Waals surface area contributed by atoms with Gasteiger partial charge in [-0.2, -0.15) is 0 Å². The molecule has 4 heteroatoms. The molecule has 0 aliphatic carbocycles. The molecule has 0 aliphatic heterocycles. The van der Waals surface area contributed by atoms with Crippen LogP contribution in [0.4, 0.5) is 0 Å². The molecule has 0 atom stereocenters. The van der Waals surface area contributed by atoms with Gasteiger partial charge in [0.2, 0.25) is 0 Å². The summed E-state index contributed by atoms with van der Waals surface area (Å²) >= 11 is 6.42. The van der Waals surface area contributed by atoms with Gasteiger partial charge in [0.1, 0.15) is 11.3 Å². The van der Waals surface area contributed by atoms with Crippen LogP contribution in [0.2, 0.25) is 5.02 Å². The standard InChI is InChI=1S/C17H18ClNO2/c1-3-19-9-16-14(10-20-2)13-8-15(18)11-6-4-5-7-12(11)17(13)21-16/h4-8,19H,3,9-10H2,1-2H3. The Morgan fingerprint density at radius 3 is 2.67 bits per heavy atom. The lowest BCUT2D eigenvalue weighted by atomic mass is 10.0. The van der Waals surface area contributed by atoms with E-state index < -0.39 is 0 Å². The van der Waals surface area contributed by atoms with Crippen LogP contribution in [0.15, 0.2) is 34.7 Å². The molecule has 3 rings (SSSR count). The number of ether oxygens (including phenoxy) is 1. The molecule has 1 heterocycles. The third-order valence-corrected chi connectivity index (χ3v) is 3.97. The maximum Gasteiger partial charge on any atom is 0.142 e. The smallest absolute Gasteiger partial charge is 0.142 e. The van der Waals surface area contributed by atoms with Crippen LogP contribution in [0.1, 0.15) is 18.2 Å². The second kappa shape index (κ2) is 6.06. The van der Waals surface area contributed by atoms with Gasteiger partial charge in [0.05, 0.1) is 13.2 Å². The van der Waals surface area contributed by atoms with Gasteiger partial charge in [-0.25, -0.2) is 0 Å². The number of benzene rings is 2. The van der Waals surface area contributed by atoms with E-state index in [1.54, 1.807) is 7.11 Å². The van der Waals surface area contributed by atoms with E-state index in [1.165, 1.54) is 0 Å². The predicted octanol–water partition coefficient (Wildman–Crippen LogP) is 4.50. The number of methoxy groups -OCH3 is 1. The molecule has 110 valence electrons.